The van der Waals surface area contributed by atoms with Crippen LogP contribution in [0.2, 0.25) is 0 Å². The maximum absolute atomic E-state index is 13.0. The SMILES string of the molecule is Cc1ccc([N+](=O)[O-])cc1S(=O)(=O)N1CCC(C(=O)N(C)Cc2cccs2)CC1. The second kappa shape index (κ2) is 8.60. The minimum Gasteiger partial charge on any atom is -0.340 e. The molecule has 0 bridgehead atoms. The van der Waals surface area contributed by atoms with E-state index in [0.717, 1.165) is 10.9 Å². The van der Waals surface area contributed by atoms with Crippen LogP contribution in [0.4, 0.5) is 5.69 Å². The normalized spacial score (nSPS) is 15.9. The first-order chi connectivity index (χ1) is 13.7. The van der Waals surface area contributed by atoms with Gasteiger partial charge in [-0.25, -0.2) is 8.42 Å². The molecule has 8 nitrogen and oxygen atoms in total. The zero-order valence-electron chi connectivity index (χ0n) is 16.3. The number of nitrogens with zero attached hydrogens (tertiary/aromatic N) is 3. The first-order valence-corrected chi connectivity index (χ1v) is 11.5. The van der Waals surface area contributed by atoms with E-state index in [1.165, 1.54) is 16.4 Å². The van der Waals surface area contributed by atoms with E-state index in [9.17, 15) is 23.3 Å². The van der Waals surface area contributed by atoms with E-state index in [0.29, 0.717) is 24.9 Å². The van der Waals surface area contributed by atoms with Crippen molar-refractivity contribution in [3.05, 3.63) is 56.3 Å². The van der Waals surface area contributed by atoms with E-state index in [1.807, 2.05) is 17.5 Å². The van der Waals surface area contributed by atoms with Gasteiger partial charge in [0, 0.05) is 43.1 Å². The van der Waals surface area contributed by atoms with Crippen LogP contribution < -0.4 is 0 Å². The Balaban J connectivity index is 1.67. The van der Waals surface area contributed by atoms with Crippen molar-refractivity contribution in [2.75, 3.05) is 20.1 Å². The number of hydrogen-bond donors (Lipinski definition) is 0. The van der Waals surface area contributed by atoms with Crippen LogP contribution in [0.3, 0.4) is 0 Å². The number of carbonyl (C=O) groups is 1. The van der Waals surface area contributed by atoms with Crippen LogP contribution >= 0.6 is 11.3 Å². The molecule has 29 heavy (non-hydrogen) atoms. The number of hydrogen-bond acceptors (Lipinski definition) is 6. The fraction of sp³-hybridized carbons (Fsp3) is 0.421. The Morgan fingerprint density at radius 1 is 1.31 bits per heavy atom. The van der Waals surface area contributed by atoms with Crippen molar-refractivity contribution in [1.82, 2.24) is 9.21 Å². The fourth-order valence-corrected chi connectivity index (χ4v) is 5.96. The third kappa shape index (κ3) is 4.65. The number of carbonyl (C=O) groups excluding carboxylic acids is 1. The minimum atomic E-state index is -3.85. The van der Waals surface area contributed by atoms with Crippen LogP contribution in [0, 0.1) is 23.0 Å². The number of thiophene rings is 1. The summed E-state index contributed by atoms with van der Waals surface area (Å²) in [5.41, 5.74) is 0.207. The molecule has 0 spiro atoms. The molecule has 1 amide bonds. The summed E-state index contributed by atoms with van der Waals surface area (Å²) in [6.07, 6.45) is 0.863. The smallest absolute Gasteiger partial charge is 0.270 e. The molecule has 2 heterocycles. The van der Waals surface area contributed by atoms with Gasteiger partial charge in [-0.1, -0.05) is 12.1 Å². The van der Waals surface area contributed by atoms with Crippen LogP contribution in [0.5, 0.6) is 0 Å². The second-order valence-corrected chi connectivity index (χ2v) is 10.1. The van der Waals surface area contributed by atoms with Crippen LogP contribution in [-0.2, 0) is 21.4 Å². The van der Waals surface area contributed by atoms with Gasteiger partial charge in [0.25, 0.3) is 5.69 Å². The standard InChI is InChI=1S/C19H23N3O5S2/c1-14-5-6-16(22(24)25)12-18(14)29(26,27)21-9-7-15(8-10-21)19(23)20(2)13-17-4-3-11-28-17/h3-6,11-12,15H,7-10,13H2,1-2H3. The Kier molecular flexibility index (Phi) is 6.35. The third-order valence-corrected chi connectivity index (χ3v) is 8.05. The van der Waals surface area contributed by atoms with Crippen LogP contribution in [0.15, 0.2) is 40.6 Å². The molecule has 10 heteroatoms. The topological polar surface area (TPSA) is 101 Å². The Bertz CT molecular complexity index is 997. The lowest BCUT2D eigenvalue weighted by Crippen LogP contribution is -2.43. The van der Waals surface area contributed by atoms with Crippen molar-refractivity contribution in [2.24, 2.45) is 5.92 Å². The maximum Gasteiger partial charge on any atom is 0.270 e. The average molecular weight is 438 g/mol. The number of sulfonamides is 1. The van der Waals surface area contributed by atoms with Gasteiger partial charge in [-0.05, 0) is 36.8 Å². The van der Waals surface area contributed by atoms with Gasteiger partial charge < -0.3 is 4.90 Å². The fourth-order valence-electron chi connectivity index (χ4n) is 3.49. The van der Waals surface area contributed by atoms with Crippen LogP contribution in [0.25, 0.3) is 0 Å². The molecular weight excluding hydrogens is 414 g/mol. The van der Waals surface area contributed by atoms with Gasteiger partial charge in [0.15, 0.2) is 0 Å². The highest BCUT2D eigenvalue weighted by atomic mass is 32.2. The zero-order chi connectivity index (χ0) is 21.2. The summed E-state index contributed by atoms with van der Waals surface area (Å²) >= 11 is 1.59. The summed E-state index contributed by atoms with van der Waals surface area (Å²) in [7, 11) is -2.09. The molecule has 3 rings (SSSR count). The van der Waals surface area contributed by atoms with Gasteiger partial charge in [-0.3, -0.25) is 14.9 Å². The molecule has 1 aliphatic rings. The highest BCUT2D eigenvalue weighted by Gasteiger charge is 2.34. The summed E-state index contributed by atoms with van der Waals surface area (Å²) < 4.78 is 27.3. The molecule has 0 unspecified atom stereocenters. The van der Waals surface area contributed by atoms with Gasteiger partial charge in [0.1, 0.15) is 0 Å². The molecule has 0 N–H and O–H groups in total. The predicted molar refractivity (Wildman–Crippen MR) is 110 cm³/mol. The van der Waals surface area contributed by atoms with Gasteiger partial charge in [-0.15, -0.1) is 11.3 Å². The highest BCUT2D eigenvalue weighted by Crippen LogP contribution is 2.29. The van der Waals surface area contributed by atoms with E-state index >= 15 is 0 Å². The molecule has 0 atom stereocenters. The molecule has 0 saturated carbocycles. The highest BCUT2D eigenvalue weighted by molar-refractivity contribution is 7.89. The van der Waals surface area contributed by atoms with E-state index in [-0.39, 0.29) is 35.5 Å². The molecular formula is C19H23N3O5S2. The van der Waals surface area contributed by atoms with E-state index < -0.39 is 14.9 Å². The Labute approximate surface area is 174 Å². The Hall–Kier alpha value is -2.30. The number of nitro groups is 1. The molecule has 2 aromatic rings. The number of amides is 1. The lowest BCUT2D eigenvalue weighted by atomic mass is 9.96. The molecule has 156 valence electrons. The Morgan fingerprint density at radius 3 is 2.59 bits per heavy atom. The number of benzene rings is 1. The monoisotopic (exact) mass is 437 g/mol. The largest absolute Gasteiger partial charge is 0.340 e. The van der Waals surface area contributed by atoms with Crippen molar-refractivity contribution < 1.29 is 18.1 Å². The molecule has 1 aromatic carbocycles. The average Bonchev–Trinajstić information content (AvgIpc) is 3.20. The molecule has 1 fully saturated rings. The van der Waals surface area contributed by atoms with Gasteiger partial charge >= 0.3 is 0 Å². The van der Waals surface area contributed by atoms with Crippen molar-refractivity contribution >= 4 is 33.0 Å². The number of piperidine rings is 1. The third-order valence-electron chi connectivity index (χ3n) is 5.15. The minimum absolute atomic E-state index is 0.0157. The molecule has 1 aromatic heterocycles. The van der Waals surface area contributed by atoms with Gasteiger partial charge in [-0.2, -0.15) is 4.31 Å². The van der Waals surface area contributed by atoms with Crippen molar-refractivity contribution in [2.45, 2.75) is 31.2 Å². The van der Waals surface area contributed by atoms with Crippen molar-refractivity contribution in [3.63, 3.8) is 0 Å². The first-order valence-electron chi connectivity index (χ1n) is 9.22. The number of aryl methyl sites for hydroxylation is 1. The van der Waals surface area contributed by atoms with E-state index in [2.05, 4.69) is 0 Å². The molecule has 1 saturated heterocycles. The van der Waals surface area contributed by atoms with E-state index in [1.54, 1.807) is 30.2 Å². The second-order valence-electron chi connectivity index (χ2n) is 7.16. The molecule has 0 aliphatic carbocycles. The first kappa shape index (κ1) is 21.4. The summed E-state index contributed by atoms with van der Waals surface area (Å²) in [5.74, 6) is -0.209. The van der Waals surface area contributed by atoms with Crippen LogP contribution in [-0.4, -0.2) is 48.6 Å². The van der Waals surface area contributed by atoms with E-state index in [4.69, 9.17) is 0 Å². The van der Waals surface area contributed by atoms with Gasteiger partial charge in [0.2, 0.25) is 15.9 Å². The molecule has 0 radical (unpaired) electrons. The lowest BCUT2D eigenvalue weighted by Gasteiger charge is -2.32. The number of nitro benzene ring substituents is 1. The molecule has 1 aliphatic heterocycles. The maximum atomic E-state index is 13.0. The van der Waals surface area contributed by atoms with Crippen molar-refractivity contribution in [3.8, 4) is 0 Å². The number of non-ortho nitro benzene ring substituents is 1. The summed E-state index contributed by atoms with van der Waals surface area (Å²) in [4.78, 5) is 25.9. The van der Waals surface area contributed by atoms with Gasteiger partial charge in [0.05, 0.1) is 16.4 Å². The summed E-state index contributed by atoms with van der Waals surface area (Å²) in [6, 6.07) is 7.77. The zero-order valence-corrected chi connectivity index (χ0v) is 17.9. The lowest BCUT2D eigenvalue weighted by molar-refractivity contribution is -0.385. The number of rotatable bonds is 6. The quantitative estimate of drug-likeness (QED) is 0.511. The predicted octanol–water partition coefficient (Wildman–Crippen LogP) is 3.02. The summed E-state index contributed by atoms with van der Waals surface area (Å²) in [6.45, 7) is 2.59. The van der Waals surface area contributed by atoms with Crippen molar-refractivity contribution in [1.29, 1.82) is 0 Å². The Morgan fingerprint density at radius 2 is 2.00 bits per heavy atom. The summed E-state index contributed by atoms with van der Waals surface area (Å²) in [5, 5.41) is 13.0. The van der Waals surface area contributed by atoms with Crippen LogP contribution in [0.1, 0.15) is 23.3 Å².